The van der Waals surface area contributed by atoms with Gasteiger partial charge in [0, 0.05) is 18.6 Å². The van der Waals surface area contributed by atoms with Crippen molar-refractivity contribution in [2.45, 2.75) is 33.0 Å². The normalized spacial score (nSPS) is 11.9. The number of oxazole rings is 1. The molecular formula is C22H23NO5. The van der Waals surface area contributed by atoms with Crippen molar-refractivity contribution in [2.75, 3.05) is 6.61 Å². The van der Waals surface area contributed by atoms with E-state index in [-0.39, 0.29) is 6.61 Å². The standard InChI is InChI=1S/C22H23NO5/c1-3-26-20(22(24)25)12-16-9-10-19(15(2)11-16)27-13-18-14-28-21(23-18)17-7-5-4-6-8-17/h4-11,14,20H,3,12-13H2,1-2H3,(H,24,25). The van der Waals surface area contributed by atoms with Gasteiger partial charge in [-0.25, -0.2) is 9.78 Å². The summed E-state index contributed by atoms with van der Waals surface area (Å²) in [4.78, 5) is 15.7. The van der Waals surface area contributed by atoms with E-state index >= 15 is 0 Å². The zero-order valence-electron chi connectivity index (χ0n) is 15.9. The molecule has 0 fully saturated rings. The summed E-state index contributed by atoms with van der Waals surface area (Å²) in [5, 5.41) is 9.22. The maximum absolute atomic E-state index is 11.2. The van der Waals surface area contributed by atoms with Crippen LogP contribution in [0.5, 0.6) is 5.75 Å². The SMILES string of the molecule is CCOC(Cc1ccc(OCc2coc(-c3ccccc3)n2)c(C)c1)C(=O)O. The zero-order valence-corrected chi connectivity index (χ0v) is 15.9. The predicted octanol–water partition coefficient (Wildman–Crippen LogP) is 4.26. The molecule has 1 heterocycles. The van der Waals surface area contributed by atoms with Gasteiger partial charge in [0.15, 0.2) is 6.10 Å². The third-order valence-electron chi connectivity index (χ3n) is 4.25. The molecule has 0 radical (unpaired) electrons. The number of rotatable bonds is 9. The number of carboxylic acids is 1. The van der Waals surface area contributed by atoms with E-state index in [9.17, 15) is 9.90 Å². The van der Waals surface area contributed by atoms with E-state index in [0.717, 1.165) is 22.4 Å². The van der Waals surface area contributed by atoms with Gasteiger partial charge in [0.1, 0.15) is 24.3 Å². The number of hydrogen-bond donors (Lipinski definition) is 1. The highest BCUT2D eigenvalue weighted by molar-refractivity contribution is 5.72. The monoisotopic (exact) mass is 381 g/mol. The molecule has 0 aliphatic heterocycles. The molecular weight excluding hydrogens is 358 g/mol. The molecule has 0 bridgehead atoms. The second-order valence-electron chi connectivity index (χ2n) is 6.38. The van der Waals surface area contributed by atoms with E-state index in [1.54, 1.807) is 13.2 Å². The number of aryl methyl sites for hydroxylation is 1. The van der Waals surface area contributed by atoms with Crippen LogP contribution in [-0.4, -0.2) is 28.8 Å². The summed E-state index contributed by atoms with van der Waals surface area (Å²) < 4.78 is 16.6. The molecule has 3 aromatic rings. The average Bonchev–Trinajstić information content (AvgIpc) is 3.17. The molecule has 6 heteroatoms. The van der Waals surface area contributed by atoms with Crippen LogP contribution in [0.15, 0.2) is 59.2 Å². The molecule has 0 aliphatic carbocycles. The molecule has 28 heavy (non-hydrogen) atoms. The Morgan fingerprint density at radius 2 is 2.00 bits per heavy atom. The lowest BCUT2D eigenvalue weighted by Crippen LogP contribution is -2.26. The number of carboxylic acid groups (broad SMARTS) is 1. The fourth-order valence-electron chi connectivity index (χ4n) is 2.87. The summed E-state index contributed by atoms with van der Waals surface area (Å²) in [6, 6.07) is 15.3. The smallest absolute Gasteiger partial charge is 0.333 e. The summed E-state index contributed by atoms with van der Waals surface area (Å²) in [5.41, 5.74) is 3.42. The Morgan fingerprint density at radius 1 is 1.21 bits per heavy atom. The predicted molar refractivity (Wildman–Crippen MR) is 104 cm³/mol. The van der Waals surface area contributed by atoms with Crippen LogP contribution in [0.3, 0.4) is 0 Å². The molecule has 1 atom stereocenters. The van der Waals surface area contributed by atoms with Gasteiger partial charge in [-0.3, -0.25) is 0 Å². The first-order valence-corrected chi connectivity index (χ1v) is 9.13. The number of benzene rings is 2. The molecule has 3 rings (SSSR count). The van der Waals surface area contributed by atoms with Gasteiger partial charge < -0.3 is 19.0 Å². The summed E-state index contributed by atoms with van der Waals surface area (Å²) in [7, 11) is 0. The van der Waals surface area contributed by atoms with Crippen LogP contribution in [0, 0.1) is 6.92 Å². The van der Waals surface area contributed by atoms with E-state index < -0.39 is 12.1 Å². The summed E-state index contributed by atoms with van der Waals surface area (Å²) in [6.07, 6.45) is 1.06. The average molecular weight is 381 g/mol. The van der Waals surface area contributed by atoms with Crippen LogP contribution < -0.4 is 4.74 Å². The molecule has 0 spiro atoms. The fraction of sp³-hybridized carbons (Fsp3) is 0.273. The minimum Gasteiger partial charge on any atom is -0.487 e. The topological polar surface area (TPSA) is 81.8 Å². The molecule has 146 valence electrons. The van der Waals surface area contributed by atoms with E-state index in [1.165, 1.54) is 0 Å². The highest BCUT2D eigenvalue weighted by Gasteiger charge is 2.18. The Balaban J connectivity index is 1.62. The Kier molecular flexibility index (Phi) is 6.45. The lowest BCUT2D eigenvalue weighted by Gasteiger charge is -2.14. The maximum atomic E-state index is 11.2. The highest BCUT2D eigenvalue weighted by Crippen LogP contribution is 2.23. The van der Waals surface area contributed by atoms with Crippen molar-refractivity contribution in [1.82, 2.24) is 4.98 Å². The lowest BCUT2D eigenvalue weighted by molar-refractivity contribution is -0.149. The first-order chi connectivity index (χ1) is 13.6. The largest absolute Gasteiger partial charge is 0.487 e. The Labute approximate surface area is 163 Å². The molecule has 0 saturated carbocycles. The number of carbonyl (C=O) groups is 1. The lowest BCUT2D eigenvalue weighted by atomic mass is 10.0. The van der Waals surface area contributed by atoms with Gasteiger partial charge in [0.05, 0.1) is 0 Å². The molecule has 2 aromatic carbocycles. The first-order valence-electron chi connectivity index (χ1n) is 9.13. The van der Waals surface area contributed by atoms with Crippen molar-refractivity contribution >= 4 is 5.97 Å². The molecule has 6 nitrogen and oxygen atoms in total. The summed E-state index contributed by atoms with van der Waals surface area (Å²) in [5.74, 6) is 0.318. The van der Waals surface area contributed by atoms with Crippen molar-refractivity contribution < 1.29 is 23.8 Å². The number of hydrogen-bond acceptors (Lipinski definition) is 5. The van der Waals surface area contributed by atoms with Gasteiger partial charge in [0.25, 0.3) is 0 Å². The third-order valence-corrected chi connectivity index (χ3v) is 4.25. The minimum atomic E-state index is -0.958. The maximum Gasteiger partial charge on any atom is 0.333 e. The number of aliphatic carboxylic acids is 1. The van der Waals surface area contributed by atoms with Gasteiger partial charge in [-0.15, -0.1) is 0 Å². The summed E-state index contributed by atoms with van der Waals surface area (Å²) >= 11 is 0. The van der Waals surface area contributed by atoms with E-state index in [4.69, 9.17) is 13.9 Å². The minimum absolute atomic E-state index is 0.285. The molecule has 0 aliphatic rings. The Bertz CT molecular complexity index is 920. The van der Waals surface area contributed by atoms with Crippen molar-refractivity contribution in [1.29, 1.82) is 0 Å². The van der Waals surface area contributed by atoms with Crippen LogP contribution in [-0.2, 0) is 22.6 Å². The highest BCUT2D eigenvalue weighted by atomic mass is 16.5. The van der Waals surface area contributed by atoms with Gasteiger partial charge in [0.2, 0.25) is 5.89 Å². The molecule has 1 aromatic heterocycles. The van der Waals surface area contributed by atoms with E-state index in [1.807, 2.05) is 55.5 Å². The van der Waals surface area contributed by atoms with Crippen LogP contribution in [0.25, 0.3) is 11.5 Å². The Hall–Kier alpha value is -3.12. The molecule has 1 unspecified atom stereocenters. The second-order valence-corrected chi connectivity index (χ2v) is 6.38. The quantitative estimate of drug-likeness (QED) is 0.596. The van der Waals surface area contributed by atoms with Crippen molar-refractivity contribution in [3.8, 4) is 17.2 Å². The van der Waals surface area contributed by atoms with Gasteiger partial charge in [-0.1, -0.05) is 30.3 Å². The molecule has 1 N–H and O–H groups in total. The number of nitrogens with zero attached hydrogens (tertiary/aromatic N) is 1. The fourth-order valence-corrected chi connectivity index (χ4v) is 2.87. The molecule has 0 saturated heterocycles. The van der Waals surface area contributed by atoms with Crippen LogP contribution in [0.2, 0.25) is 0 Å². The summed E-state index contributed by atoms with van der Waals surface area (Å²) in [6.45, 7) is 4.35. The van der Waals surface area contributed by atoms with E-state index in [2.05, 4.69) is 4.98 Å². The van der Waals surface area contributed by atoms with Gasteiger partial charge >= 0.3 is 5.97 Å². The van der Waals surface area contributed by atoms with Crippen LogP contribution in [0.4, 0.5) is 0 Å². The van der Waals surface area contributed by atoms with Crippen LogP contribution in [0.1, 0.15) is 23.7 Å². The molecule has 0 amide bonds. The zero-order chi connectivity index (χ0) is 19.9. The number of aromatic nitrogens is 1. The van der Waals surface area contributed by atoms with Crippen molar-refractivity contribution in [3.63, 3.8) is 0 Å². The van der Waals surface area contributed by atoms with Crippen molar-refractivity contribution in [3.05, 3.63) is 71.6 Å². The van der Waals surface area contributed by atoms with E-state index in [0.29, 0.717) is 24.6 Å². The Morgan fingerprint density at radius 3 is 2.68 bits per heavy atom. The van der Waals surface area contributed by atoms with Gasteiger partial charge in [-0.2, -0.15) is 0 Å². The van der Waals surface area contributed by atoms with Crippen LogP contribution >= 0.6 is 0 Å². The first kappa shape index (κ1) is 19.6. The van der Waals surface area contributed by atoms with Gasteiger partial charge in [-0.05, 0) is 43.2 Å². The van der Waals surface area contributed by atoms with Crippen molar-refractivity contribution in [2.24, 2.45) is 0 Å². The number of ether oxygens (including phenoxy) is 2. The third kappa shape index (κ3) is 4.98. The second kappa shape index (κ2) is 9.19.